The Morgan fingerprint density at radius 1 is 1.14 bits per heavy atom. The lowest BCUT2D eigenvalue weighted by Gasteiger charge is -2.40. The van der Waals surface area contributed by atoms with Gasteiger partial charge in [-0.05, 0) is 37.0 Å². The Morgan fingerprint density at radius 3 is 2.41 bits per heavy atom. The van der Waals surface area contributed by atoms with Gasteiger partial charge in [-0.1, -0.05) is 38.8 Å². The first kappa shape index (κ1) is 16.5. The van der Waals surface area contributed by atoms with Crippen LogP contribution in [0.2, 0.25) is 0 Å². The van der Waals surface area contributed by atoms with Crippen LogP contribution in [0.3, 0.4) is 0 Å². The highest BCUT2D eigenvalue weighted by Crippen LogP contribution is 2.39. The summed E-state index contributed by atoms with van der Waals surface area (Å²) < 4.78 is 0. The minimum atomic E-state index is -0.576. The first-order chi connectivity index (χ1) is 10.5. The van der Waals surface area contributed by atoms with Crippen LogP contribution in [0.5, 0.6) is 0 Å². The summed E-state index contributed by atoms with van der Waals surface area (Å²) in [5.41, 5.74) is 6.84. The van der Waals surface area contributed by atoms with Crippen LogP contribution in [0, 0.1) is 0 Å². The normalized spacial score (nSPS) is 22.2. The van der Waals surface area contributed by atoms with Crippen molar-refractivity contribution in [1.82, 2.24) is 4.90 Å². The summed E-state index contributed by atoms with van der Waals surface area (Å²) >= 11 is 0. The minimum absolute atomic E-state index is 0.0272. The molecule has 2 amide bonds. The molecule has 1 saturated heterocycles. The van der Waals surface area contributed by atoms with E-state index < -0.39 is 5.41 Å². The molecular weight excluding hydrogens is 276 g/mol. The predicted molar refractivity (Wildman–Crippen MR) is 88.3 cm³/mol. The van der Waals surface area contributed by atoms with E-state index in [4.69, 9.17) is 5.73 Å². The van der Waals surface area contributed by atoms with Crippen LogP contribution in [0.25, 0.3) is 0 Å². The third-order valence-corrected chi connectivity index (χ3v) is 4.77. The average molecular weight is 302 g/mol. The van der Waals surface area contributed by atoms with E-state index in [0.717, 1.165) is 24.8 Å². The molecule has 4 heteroatoms. The molecule has 1 aliphatic heterocycles. The molecule has 1 aliphatic rings. The van der Waals surface area contributed by atoms with Crippen molar-refractivity contribution in [3.8, 4) is 0 Å². The number of piperidine rings is 1. The molecule has 0 aromatic heterocycles. The maximum absolute atomic E-state index is 13.0. The van der Waals surface area contributed by atoms with Crippen LogP contribution < -0.4 is 5.73 Å². The van der Waals surface area contributed by atoms with Gasteiger partial charge < -0.3 is 5.73 Å². The van der Waals surface area contributed by atoms with Crippen molar-refractivity contribution in [1.29, 1.82) is 0 Å². The van der Waals surface area contributed by atoms with E-state index in [0.29, 0.717) is 31.5 Å². The summed E-state index contributed by atoms with van der Waals surface area (Å²) in [6.45, 7) is 4.68. The van der Waals surface area contributed by atoms with Gasteiger partial charge in [0, 0.05) is 18.7 Å². The van der Waals surface area contributed by atoms with E-state index in [-0.39, 0.29) is 11.8 Å². The maximum atomic E-state index is 13.0. The van der Waals surface area contributed by atoms with E-state index in [1.54, 1.807) is 0 Å². The first-order valence-electron chi connectivity index (χ1n) is 8.26. The van der Waals surface area contributed by atoms with Gasteiger partial charge in [0.05, 0.1) is 5.41 Å². The zero-order chi connectivity index (χ0) is 16.2. The number of amides is 2. The Balaban J connectivity index is 2.28. The van der Waals surface area contributed by atoms with Gasteiger partial charge in [0.15, 0.2) is 0 Å². The van der Waals surface area contributed by atoms with E-state index in [2.05, 4.69) is 6.92 Å². The smallest absolute Gasteiger partial charge is 0.239 e. The van der Waals surface area contributed by atoms with Gasteiger partial charge in [-0.15, -0.1) is 0 Å². The van der Waals surface area contributed by atoms with E-state index >= 15 is 0 Å². The maximum Gasteiger partial charge on any atom is 0.239 e. The number of unbranched alkanes of at least 4 members (excludes halogenated alkanes) is 2. The first-order valence-corrected chi connectivity index (χ1v) is 8.26. The second-order valence-electron chi connectivity index (χ2n) is 6.12. The fraction of sp³-hybridized carbons (Fsp3) is 0.556. The SMILES string of the molecule is CCCCCN1C(=O)CCC(CC)(c2ccc(N)cc2)C1=O. The summed E-state index contributed by atoms with van der Waals surface area (Å²) in [5, 5.41) is 0. The molecule has 4 nitrogen and oxygen atoms in total. The number of imide groups is 1. The molecule has 1 atom stereocenters. The molecule has 2 N–H and O–H groups in total. The predicted octanol–water partition coefficient (Wildman–Crippen LogP) is 3.26. The highest BCUT2D eigenvalue weighted by molar-refractivity contribution is 6.03. The van der Waals surface area contributed by atoms with Crippen LogP contribution in [0.4, 0.5) is 5.69 Å². The second-order valence-corrected chi connectivity index (χ2v) is 6.12. The number of likely N-dealkylation sites (tertiary alicyclic amines) is 1. The van der Waals surface area contributed by atoms with Gasteiger partial charge in [-0.25, -0.2) is 0 Å². The molecule has 1 heterocycles. The highest BCUT2D eigenvalue weighted by atomic mass is 16.2. The van der Waals surface area contributed by atoms with Crippen LogP contribution in [-0.4, -0.2) is 23.3 Å². The third-order valence-electron chi connectivity index (χ3n) is 4.77. The summed E-state index contributed by atoms with van der Waals surface area (Å²) in [7, 11) is 0. The van der Waals surface area contributed by atoms with Gasteiger partial charge in [0.1, 0.15) is 0 Å². The zero-order valence-electron chi connectivity index (χ0n) is 13.6. The number of benzene rings is 1. The number of nitrogen functional groups attached to an aromatic ring is 1. The third kappa shape index (κ3) is 3.01. The number of hydrogen-bond acceptors (Lipinski definition) is 3. The number of carbonyl (C=O) groups excluding carboxylic acids is 2. The Hall–Kier alpha value is -1.84. The summed E-state index contributed by atoms with van der Waals surface area (Å²) in [6.07, 6.45) is 4.74. The fourth-order valence-corrected chi connectivity index (χ4v) is 3.28. The minimum Gasteiger partial charge on any atom is -0.399 e. The summed E-state index contributed by atoms with van der Waals surface area (Å²) in [5.74, 6) is -0.0623. The lowest BCUT2D eigenvalue weighted by molar-refractivity contribution is -0.153. The molecule has 0 saturated carbocycles. The molecular formula is C18H26N2O2. The fourth-order valence-electron chi connectivity index (χ4n) is 3.28. The molecule has 1 aromatic rings. The van der Waals surface area contributed by atoms with Crippen molar-refractivity contribution in [2.75, 3.05) is 12.3 Å². The summed E-state index contributed by atoms with van der Waals surface area (Å²) in [6, 6.07) is 7.52. The van der Waals surface area contributed by atoms with Gasteiger partial charge >= 0.3 is 0 Å². The van der Waals surface area contributed by atoms with Crippen molar-refractivity contribution in [3.63, 3.8) is 0 Å². The number of rotatable bonds is 6. The van der Waals surface area contributed by atoms with Crippen molar-refractivity contribution in [2.45, 2.75) is 57.8 Å². The average Bonchev–Trinajstić information content (AvgIpc) is 2.52. The largest absolute Gasteiger partial charge is 0.399 e. The number of nitrogens with zero attached hydrogens (tertiary/aromatic N) is 1. The van der Waals surface area contributed by atoms with Gasteiger partial charge in [0.25, 0.3) is 0 Å². The number of anilines is 1. The molecule has 1 fully saturated rings. The lowest BCUT2D eigenvalue weighted by atomic mass is 9.71. The lowest BCUT2D eigenvalue weighted by Crippen LogP contribution is -2.54. The van der Waals surface area contributed by atoms with Crippen molar-refractivity contribution in [3.05, 3.63) is 29.8 Å². The van der Waals surface area contributed by atoms with Crippen molar-refractivity contribution < 1.29 is 9.59 Å². The topological polar surface area (TPSA) is 63.4 Å². The molecule has 120 valence electrons. The van der Waals surface area contributed by atoms with E-state index in [1.165, 1.54) is 4.90 Å². The number of nitrogens with two attached hydrogens (primary N) is 1. The van der Waals surface area contributed by atoms with E-state index in [1.807, 2.05) is 31.2 Å². The molecule has 0 aliphatic carbocycles. The number of carbonyl (C=O) groups is 2. The van der Waals surface area contributed by atoms with Gasteiger partial charge in [0.2, 0.25) is 11.8 Å². The molecule has 1 unspecified atom stereocenters. The van der Waals surface area contributed by atoms with Gasteiger partial charge in [-0.3, -0.25) is 14.5 Å². The zero-order valence-corrected chi connectivity index (χ0v) is 13.6. The molecule has 2 rings (SSSR count). The van der Waals surface area contributed by atoms with Gasteiger partial charge in [-0.2, -0.15) is 0 Å². The monoisotopic (exact) mass is 302 g/mol. The van der Waals surface area contributed by atoms with Crippen LogP contribution in [0.15, 0.2) is 24.3 Å². The molecule has 0 radical (unpaired) electrons. The Labute approximate surface area is 132 Å². The standard InChI is InChI=1S/C18H26N2O2/c1-3-5-6-13-20-16(21)11-12-18(4-2,17(20)22)14-7-9-15(19)10-8-14/h7-10H,3-6,11-13,19H2,1-2H3. The van der Waals surface area contributed by atoms with Crippen LogP contribution >= 0.6 is 0 Å². The van der Waals surface area contributed by atoms with Crippen LogP contribution in [-0.2, 0) is 15.0 Å². The molecule has 1 aromatic carbocycles. The molecule has 22 heavy (non-hydrogen) atoms. The molecule has 0 spiro atoms. The van der Waals surface area contributed by atoms with Crippen LogP contribution in [0.1, 0.15) is 57.9 Å². The number of hydrogen-bond donors (Lipinski definition) is 1. The quantitative estimate of drug-likeness (QED) is 0.498. The summed E-state index contributed by atoms with van der Waals surface area (Å²) in [4.78, 5) is 26.7. The van der Waals surface area contributed by atoms with E-state index in [9.17, 15) is 9.59 Å². The Bertz CT molecular complexity index is 539. The van der Waals surface area contributed by atoms with Crippen molar-refractivity contribution in [2.24, 2.45) is 0 Å². The van der Waals surface area contributed by atoms with Crippen molar-refractivity contribution >= 4 is 17.5 Å². The Morgan fingerprint density at radius 2 is 1.82 bits per heavy atom. The molecule has 0 bridgehead atoms. The highest BCUT2D eigenvalue weighted by Gasteiger charge is 2.46. The second kappa shape index (κ2) is 6.95. The Kier molecular flexibility index (Phi) is 5.22.